The van der Waals surface area contributed by atoms with Crippen molar-refractivity contribution in [3.63, 3.8) is 0 Å². The second kappa shape index (κ2) is 6.56. The molecule has 0 fully saturated rings. The van der Waals surface area contributed by atoms with Crippen LogP contribution in [-0.2, 0) is 0 Å². The van der Waals surface area contributed by atoms with Crippen LogP contribution in [0, 0.1) is 15.9 Å². The molecule has 25 heavy (non-hydrogen) atoms. The molecule has 3 rings (SSSR count). The lowest BCUT2D eigenvalue weighted by Crippen LogP contribution is -1.97. The van der Waals surface area contributed by atoms with Crippen LogP contribution in [0.15, 0.2) is 36.7 Å². The predicted molar refractivity (Wildman–Crippen MR) is 85.8 cm³/mol. The molecule has 0 spiro atoms. The molecule has 0 aliphatic carbocycles. The lowest BCUT2D eigenvalue weighted by Gasteiger charge is -2.12. The molecular formula is C16H12FN3O5. The molecule has 8 nitrogen and oxygen atoms in total. The van der Waals surface area contributed by atoms with Gasteiger partial charge in [0.05, 0.1) is 30.7 Å². The molecule has 0 N–H and O–H groups in total. The van der Waals surface area contributed by atoms with Crippen molar-refractivity contribution in [2.75, 3.05) is 14.2 Å². The number of methoxy groups -OCH3 is 2. The largest absolute Gasteiger partial charge is 0.493 e. The van der Waals surface area contributed by atoms with Crippen molar-refractivity contribution in [1.82, 2.24) is 9.97 Å². The summed E-state index contributed by atoms with van der Waals surface area (Å²) in [6.45, 7) is 0. The quantitative estimate of drug-likeness (QED) is 0.516. The van der Waals surface area contributed by atoms with Crippen LogP contribution in [0.5, 0.6) is 23.1 Å². The number of benzene rings is 1. The Labute approximate surface area is 140 Å². The van der Waals surface area contributed by atoms with Crippen LogP contribution in [0.3, 0.4) is 0 Å². The number of nitro groups is 1. The summed E-state index contributed by atoms with van der Waals surface area (Å²) < 4.78 is 30.0. The van der Waals surface area contributed by atoms with Gasteiger partial charge < -0.3 is 14.2 Å². The fourth-order valence-corrected chi connectivity index (χ4v) is 2.23. The van der Waals surface area contributed by atoms with E-state index in [0.29, 0.717) is 22.4 Å². The summed E-state index contributed by atoms with van der Waals surface area (Å²) in [6.07, 6.45) is 2.40. The fraction of sp³-hybridized carbons (Fsp3) is 0.125. The summed E-state index contributed by atoms with van der Waals surface area (Å²) in [5.41, 5.74) is 0.0771. The van der Waals surface area contributed by atoms with E-state index in [0.717, 1.165) is 12.3 Å². The average molecular weight is 345 g/mol. The molecule has 0 saturated carbocycles. The highest BCUT2D eigenvalue weighted by atomic mass is 19.1. The normalized spacial score (nSPS) is 10.5. The van der Waals surface area contributed by atoms with Gasteiger partial charge in [0.15, 0.2) is 17.3 Å². The molecule has 0 aliphatic rings. The first kappa shape index (κ1) is 16.4. The second-order valence-electron chi connectivity index (χ2n) is 4.87. The van der Waals surface area contributed by atoms with Crippen molar-refractivity contribution in [3.8, 4) is 23.1 Å². The maximum Gasteiger partial charge on any atom is 0.290 e. The summed E-state index contributed by atoms with van der Waals surface area (Å²) in [7, 11) is 2.98. The molecule has 2 aromatic heterocycles. The molecule has 3 aromatic rings. The van der Waals surface area contributed by atoms with E-state index in [4.69, 9.17) is 14.2 Å². The Kier molecular flexibility index (Phi) is 4.29. The lowest BCUT2D eigenvalue weighted by molar-refractivity contribution is -0.385. The second-order valence-corrected chi connectivity index (χ2v) is 4.87. The molecule has 128 valence electrons. The van der Waals surface area contributed by atoms with Gasteiger partial charge in [-0.1, -0.05) is 0 Å². The third kappa shape index (κ3) is 3.11. The third-order valence-corrected chi connectivity index (χ3v) is 3.42. The first-order chi connectivity index (χ1) is 12.0. The first-order valence-electron chi connectivity index (χ1n) is 7.02. The summed E-state index contributed by atoms with van der Waals surface area (Å²) >= 11 is 0. The Hall–Kier alpha value is -3.49. The van der Waals surface area contributed by atoms with Gasteiger partial charge in [-0.15, -0.1) is 0 Å². The first-order valence-corrected chi connectivity index (χ1v) is 7.02. The summed E-state index contributed by atoms with van der Waals surface area (Å²) in [5.74, 6) is -0.122. The van der Waals surface area contributed by atoms with E-state index in [9.17, 15) is 14.5 Å². The smallest absolute Gasteiger partial charge is 0.290 e. The molecule has 0 radical (unpaired) electrons. The monoisotopic (exact) mass is 345 g/mol. The van der Waals surface area contributed by atoms with Gasteiger partial charge in [-0.05, 0) is 12.1 Å². The minimum atomic E-state index is -0.945. The molecule has 0 atom stereocenters. The Balaban J connectivity index is 2.06. The highest BCUT2D eigenvalue weighted by Gasteiger charge is 2.16. The van der Waals surface area contributed by atoms with Gasteiger partial charge in [0.2, 0.25) is 0 Å². The van der Waals surface area contributed by atoms with Gasteiger partial charge >= 0.3 is 0 Å². The maximum atomic E-state index is 14.0. The van der Waals surface area contributed by atoms with E-state index in [1.807, 2.05) is 0 Å². The molecule has 2 heterocycles. The molecule has 0 aliphatic heterocycles. The minimum Gasteiger partial charge on any atom is -0.493 e. The SMILES string of the molecule is COc1cc2nccc(Oc3ncc([N+](=O)[O-])cc3F)c2cc1OC. The van der Waals surface area contributed by atoms with Crippen molar-refractivity contribution < 1.29 is 23.5 Å². The van der Waals surface area contributed by atoms with E-state index < -0.39 is 16.4 Å². The minimum absolute atomic E-state index is 0.270. The van der Waals surface area contributed by atoms with E-state index in [-0.39, 0.29) is 11.6 Å². The number of ether oxygens (including phenoxy) is 3. The molecule has 0 bridgehead atoms. The van der Waals surface area contributed by atoms with Crippen molar-refractivity contribution in [3.05, 3.63) is 52.6 Å². The zero-order valence-corrected chi connectivity index (χ0v) is 13.2. The van der Waals surface area contributed by atoms with Crippen LogP contribution in [0.2, 0.25) is 0 Å². The van der Waals surface area contributed by atoms with Crippen molar-refractivity contribution >= 4 is 16.6 Å². The Bertz CT molecular complexity index is 964. The van der Waals surface area contributed by atoms with E-state index >= 15 is 0 Å². The predicted octanol–water partition coefficient (Wildman–Crippen LogP) is 3.49. The zero-order valence-electron chi connectivity index (χ0n) is 13.2. The van der Waals surface area contributed by atoms with Crippen LogP contribution in [0.25, 0.3) is 10.9 Å². The van der Waals surface area contributed by atoms with Gasteiger partial charge in [-0.2, -0.15) is 0 Å². The van der Waals surface area contributed by atoms with E-state index in [2.05, 4.69) is 9.97 Å². The number of pyridine rings is 2. The third-order valence-electron chi connectivity index (χ3n) is 3.42. The molecule has 0 saturated heterocycles. The highest BCUT2D eigenvalue weighted by molar-refractivity contribution is 5.88. The van der Waals surface area contributed by atoms with E-state index in [1.165, 1.54) is 26.5 Å². The van der Waals surface area contributed by atoms with Gasteiger partial charge in [-0.3, -0.25) is 15.1 Å². The molecule has 0 unspecified atom stereocenters. The van der Waals surface area contributed by atoms with Crippen LogP contribution >= 0.6 is 0 Å². The number of nitrogens with zero attached hydrogens (tertiary/aromatic N) is 3. The molecule has 1 aromatic carbocycles. The average Bonchev–Trinajstić information content (AvgIpc) is 2.62. The Morgan fingerprint density at radius 1 is 1.08 bits per heavy atom. The summed E-state index contributed by atoms with van der Waals surface area (Å²) in [5, 5.41) is 11.2. The van der Waals surface area contributed by atoms with Crippen molar-refractivity contribution in [2.24, 2.45) is 0 Å². The van der Waals surface area contributed by atoms with Crippen LogP contribution < -0.4 is 14.2 Å². The fourth-order valence-electron chi connectivity index (χ4n) is 2.23. The van der Waals surface area contributed by atoms with E-state index in [1.54, 1.807) is 12.1 Å². The summed E-state index contributed by atoms with van der Waals surface area (Å²) in [6, 6.07) is 5.56. The Morgan fingerprint density at radius 3 is 2.44 bits per heavy atom. The number of aromatic nitrogens is 2. The van der Waals surface area contributed by atoms with Gasteiger partial charge in [-0.25, -0.2) is 9.37 Å². The van der Waals surface area contributed by atoms with Gasteiger partial charge in [0, 0.05) is 17.6 Å². The van der Waals surface area contributed by atoms with Crippen molar-refractivity contribution in [1.29, 1.82) is 0 Å². The number of fused-ring (bicyclic) bond motifs is 1. The summed E-state index contributed by atoms with van der Waals surface area (Å²) in [4.78, 5) is 17.8. The Morgan fingerprint density at radius 2 is 1.80 bits per heavy atom. The highest BCUT2D eigenvalue weighted by Crippen LogP contribution is 2.37. The zero-order chi connectivity index (χ0) is 18.0. The maximum absolute atomic E-state index is 14.0. The van der Waals surface area contributed by atoms with Crippen LogP contribution in [-0.4, -0.2) is 29.1 Å². The topological polar surface area (TPSA) is 96.6 Å². The number of hydrogen-bond donors (Lipinski definition) is 0. The lowest BCUT2D eigenvalue weighted by atomic mass is 10.2. The van der Waals surface area contributed by atoms with Crippen molar-refractivity contribution in [2.45, 2.75) is 0 Å². The molecule has 0 amide bonds. The van der Waals surface area contributed by atoms with Crippen LogP contribution in [0.4, 0.5) is 10.1 Å². The molecule has 9 heteroatoms. The molecular weight excluding hydrogens is 333 g/mol. The number of rotatable bonds is 5. The number of hydrogen-bond acceptors (Lipinski definition) is 7. The van der Waals surface area contributed by atoms with Crippen LogP contribution in [0.1, 0.15) is 0 Å². The number of halogens is 1. The standard InChI is InChI=1S/C16H12FN3O5/c1-23-14-6-10-12(7-15(14)24-2)18-4-3-13(10)25-16-11(17)5-9(8-19-16)20(21)22/h3-8H,1-2H3. The van der Waals surface area contributed by atoms with Gasteiger partial charge in [0.25, 0.3) is 11.6 Å². The van der Waals surface area contributed by atoms with Gasteiger partial charge in [0.1, 0.15) is 11.9 Å².